The molecule has 2 aromatic heterocycles. The van der Waals surface area contributed by atoms with Gasteiger partial charge < -0.3 is 18.4 Å². The summed E-state index contributed by atoms with van der Waals surface area (Å²) in [6, 6.07) is 35.0. The maximum absolute atomic E-state index is 6.89. The molecule has 0 saturated carbocycles. The fourth-order valence-electron chi connectivity index (χ4n) is 7.94. The molecule has 0 bridgehead atoms. The van der Waals surface area contributed by atoms with Gasteiger partial charge in [0.25, 0.3) is 0 Å². The molecule has 6 heterocycles. The van der Waals surface area contributed by atoms with E-state index in [2.05, 4.69) is 118 Å². The molecule has 4 aliphatic rings. The van der Waals surface area contributed by atoms with E-state index in [1.54, 1.807) is 0 Å². The quantitative estimate of drug-likeness (QED) is 0.268. The zero-order chi connectivity index (χ0) is 25.7. The minimum absolute atomic E-state index is 0.00367. The standard InChI is InChI=1S/C34H18B2N2O2/c1-2-12-27-25(11-1)35-30-24(23-10-4-7-20-14-16-37(35)32(20)23)18-26-33(34(30)39-27)40-28-13-5-8-21-22-9-3-6-19-15-17-38(31(19)22)36(26)29(21)28/h1-18H. The van der Waals surface area contributed by atoms with Gasteiger partial charge in [-0.15, -0.1) is 0 Å². The van der Waals surface area contributed by atoms with Crippen LogP contribution in [0, 0.1) is 0 Å². The second kappa shape index (κ2) is 6.54. The van der Waals surface area contributed by atoms with Crippen LogP contribution in [0.2, 0.25) is 0 Å². The minimum atomic E-state index is -0.00367. The highest BCUT2D eigenvalue weighted by atomic mass is 16.5. The summed E-state index contributed by atoms with van der Waals surface area (Å²) in [5, 5.41) is 2.52. The fourth-order valence-corrected chi connectivity index (χ4v) is 7.94. The van der Waals surface area contributed by atoms with Crippen LogP contribution in [0.5, 0.6) is 23.0 Å². The molecule has 4 aliphatic heterocycles. The summed E-state index contributed by atoms with van der Waals surface area (Å²) in [5.41, 5.74) is 12.3. The van der Waals surface area contributed by atoms with Crippen molar-refractivity contribution in [2.45, 2.75) is 0 Å². The molecule has 4 nitrogen and oxygen atoms in total. The Morgan fingerprint density at radius 2 is 1.10 bits per heavy atom. The molecule has 0 fully saturated rings. The third-order valence-corrected chi connectivity index (χ3v) is 9.47. The number of nitrogens with zero attached hydrogens (tertiary/aromatic N) is 2. The van der Waals surface area contributed by atoms with Crippen LogP contribution in [0.15, 0.2) is 109 Å². The van der Waals surface area contributed by atoms with Crippen molar-refractivity contribution in [2.24, 2.45) is 0 Å². The lowest BCUT2D eigenvalue weighted by atomic mass is 9.42. The molecule has 0 saturated heterocycles. The monoisotopic (exact) mass is 508 g/mol. The van der Waals surface area contributed by atoms with E-state index < -0.39 is 0 Å². The van der Waals surface area contributed by atoms with E-state index in [0.29, 0.717) is 0 Å². The summed E-state index contributed by atoms with van der Waals surface area (Å²) in [5.74, 6) is 3.46. The second-order valence-corrected chi connectivity index (χ2v) is 11.3. The van der Waals surface area contributed by atoms with E-state index in [1.165, 1.54) is 60.4 Å². The van der Waals surface area contributed by atoms with Gasteiger partial charge in [0, 0.05) is 33.1 Å². The summed E-state index contributed by atoms with van der Waals surface area (Å²) in [6.45, 7) is 0.0189. The molecule has 0 amide bonds. The summed E-state index contributed by atoms with van der Waals surface area (Å²) in [4.78, 5) is 0. The normalized spacial score (nSPS) is 14.3. The predicted molar refractivity (Wildman–Crippen MR) is 162 cm³/mol. The van der Waals surface area contributed by atoms with Gasteiger partial charge in [0.05, 0.1) is 0 Å². The molecule has 0 spiro atoms. The van der Waals surface area contributed by atoms with Crippen molar-refractivity contribution in [1.82, 2.24) is 8.96 Å². The molecule has 182 valence electrons. The molecule has 0 unspecified atom stereocenters. The first-order valence-electron chi connectivity index (χ1n) is 13.8. The summed E-state index contributed by atoms with van der Waals surface area (Å²) in [6.07, 6.45) is 4.47. The average molecular weight is 508 g/mol. The number of hydrogen-bond donors (Lipinski definition) is 0. The number of rotatable bonds is 0. The molecule has 0 atom stereocenters. The number of hydrogen-bond acceptors (Lipinski definition) is 2. The van der Waals surface area contributed by atoms with Gasteiger partial charge in [-0.25, -0.2) is 0 Å². The lowest BCUT2D eigenvalue weighted by molar-refractivity contribution is 0.424. The first-order chi connectivity index (χ1) is 19.8. The van der Waals surface area contributed by atoms with Crippen molar-refractivity contribution in [2.75, 3.05) is 0 Å². The van der Waals surface area contributed by atoms with Crippen molar-refractivity contribution < 1.29 is 9.47 Å². The molecular weight excluding hydrogens is 490 g/mol. The molecule has 0 N–H and O–H groups in total. The second-order valence-electron chi connectivity index (χ2n) is 11.3. The minimum Gasteiger partial charge on any atom is -0.454 e. The molecule has 0 radical (unpaired) electrons. The Morgan fingerprint density at radius 3 is 1.90 bits per heavy atom. The summed E-state index contributed by atoms with van der Waals surface area (Å²) >= 11 is 0. The van der Waals surface area contributed by atoms with Crippen LogP contribution in [0.25, 0.3) is 44.1 Å². The summed E-state index contributed by atoms with van der Waals surface area (Å²) in [7, 11) is 0. The van der Waals surface area contributed by atoms with Crippen LogP contribution in [-0.4, -0.2) is 22.7 Å². The maximum atomic E-state index is 6.89. The van der Waals surface area contributed by atoms with Gasteiger partial charge in [-0.3, -0.25) is 0 Å². The van der Waals surface area contributed by atoms with Gasteiger partial charge in [-0.1, -0.05) is 72.8 Å². The van der Waals surface area contributed by atoms with Crippen LogP contribution in [0.4, 0.5) is 0 Å². The lowest BCUT2D eigenvalue weighted by Crippen LogP contribution is -2.58. The molecule has 6 heteroatoms. The number of ether oxygens (including phenoxy) is 2. The molecule has 11 rings (SSSR count). The van der Waals surface area contributed by atoms with E-state index >= 15 is 0 Å². The van der Waals surface area contributed by atoms with Crippen LogP contribution in [0.3, 0.4) is 0 Å². The van der Waals surface area contributed by atoms with Gasteiger partial charge in [0.1, 0.15) is 11.5 Å². The smallest absolute Gasteiger partial charge is 0.336 e. The Hall–Kier alpha value is -5.09. The Morgan fingerprint density at radius 1 is 0.475 bits per heavy atom. The van der Waals surface area contributed by atoms with Gasteiger partial charge in [-0.05, 0) is 69.5 Å². The highest BCUT2D eigenvalue weighted by Gasteiger charge is 2.46. The highest BCUT2D eigenvalue weighted by molar-refractivity contribution is 6.90. The van der Waals surface area contributed by atoms with E-state index in [1.807, 2.05) is 0 Å². The Labute approximate surface area is 230 Å². The van der Waals surface area contributed by atoms with Crippen LogP contribution >= 0.6 is 0 Å². The third kappa shape index (κ3) is 2.11. The first-order valence-corrected chi connectivity index (χ1v) is 13.8. The van der Waals surface area contributed by atoms with Gasteiger partial charge in [-0.2, -0.15) is 0 Å². The Kier molecular flexibility index (Phi) is 3.26. The largest absolute Gasteiger partial charge is 0.454 e. The van der Waals surface area contributed by atoms with Crippen molar-refractivity contribution in [3.05, 3.63) is 109 Å². The third-order valence-electron chi connectivity index (χ3n) is 9.47. The number of para-hydroxylation sites is 3. The van der Waals surface area contributed by atoms with Crippen LogP contribution in [-0.2, 0) is 0 Å². The molecule has 5 aromatic carbocycles. The van der Waals surface area contributed by atoms with Gasteiger partial charge in [0.2, 0.25) is 0 Å². The topological polar surface area (TPSA) is 28.3 Å². The summed E-state index contributed by atoms with van der Waals surface area (Å²) < 4.78 is 18.6. The highest BCUT2D eigenvalue weighted by Crippen LogP contribution is 2.46. The lowest BCUT2D eigenvalue weighted by Gasteiger charge is -2.38. The van der Waals surface area contributed by atoms with Crippen molar-refractivity contribution in [3.63, 3.8) is 0 Å². The first kappa shape index (κ1) is 19.9. The van der Waals surface area contributed by atoms with Gasteiger partial charge >= 0.3 is 13.7 Å². The fraction of sp³-hybridized carbons (Fsp3) is 0. The van der Waals surface area contributed by atoms with E-state index in [4.69, 9.17) is 9.47 Å². The van der Waals surface area contributed by atoms with Crippen molar-refractivity contribution >= 4 is 57.4 Å². The van der Waals surface area contributed by atoms with E-state index in [9.17, 15) is 0 Å². The molecular formula is C34H18B2N2O2. The number of fused-ring (bicyclic) bond motifs is 9. The Bertz CT molecular complexity index is 2310. The number of benzene rings is 5. The Balaban J connectivity index is 1.31. The average Bonchev–Trinajstić information content (AvgIpc) is 3.63. The number of aromatic nitrogens is 2. The predicted octanol–water partition coefficient (Wildman–Crippen LogP) is 5.08. The van der Waals surface area contributed by atoms with E-state index in [-0.39, 0.29) is 13.7 Å². The van der Waals surface area contributed by atoms with Crippen LogP contribution in [0.1, 0.15) is 0 Å². The maximum Gasteiger partial charge on any atom is 0.336 e. The molecule has 40 heavy (non-hydrogen) atoms. The van der Waals surface area contributed by atoms with E-state index in [0.717, 1.165) is 28.5 Å². The van der Waals surface area contributed by atoms with Crippen LogP contribution < -0.4 is 31.3 Å². The molecule has 0 aliphatic carbocycles. The van der Waals surface area contributed by atoms with Crippen molar-refractivity contribution in [3.8, 4) is 45.3 Å². The zero-order valence-corrected chi connectivity index (χ0v) is 21.3. The van der Waals surface area contributed by atoms with Gasteiger partial charge in [0.15, 0.2) is 11.5 Å². The molecule has 7 aromatic rings. The SMILES string of the molecule is c1ccc2c(c1)Oc1c3c(cc4c1B2n1ccc2cccc-4c21)B1c2c(cccc2-c2cccc4ccn1c24)O3. The zero-order valence-electron chi connectivity index (χ0n) is 21.3. The van der Waals surface area contributed by atoms with Crippen molar-refractivity contribution in [1.29, 1.82) is 0 Å².